The van der Waals surface area contributed by atoms with E-state index in [9.17, 15) is 20.4 Å². The SMILES string of the molecule is OC1(O)CCCC(CCC(O)(C2CCCCC2)C2CCCCC2)(CCC(O)(C2CCCCC2)C2CCCCC2)C1. The van der Waals surface area contributed by atoms with Gasteiger partial charge in [-0.05, 0) is 119 Å². The van der Waals surface area contributed by atoms with Crippen molar-refractivity contribution < 1.29 is 20.4 Å². The standard InChI is InChI=1S/C36H64O4/c37-34(38)23-13-22-33(28-34,24-26-35(39,29-14-5-1-6-15-29)30-16-7-2-8-17-30)25-27-36(40,31-18-9-3-10-19-31)32-20-11-4-12-21-32/h29-32,37-40H,1-28H2. The highest BCUT2D eigenvalue weighted by molar-refractivity contribution is 5.01. The van der Waals surface area contributed by atoms with Crippen LogP contribution >= 0.6 is 0 Å². The fourth-order valence-corrected chi connectivity index (χ4v) is 10.9. The minimum absolute atomic E-state index is 0.198. The molecule has 4 heteroatoms. The highest BCUT2D eigenvalue weighted by atomic mass is 16.5. The van der Waals surface area contributed by atoms with Gasteiger partial charge in [0.2, 0.25) is 0 Å². The van der Waals surface area contributed by atoms with Crippen molar-refractivity contribution in [1.29, 1.82) is 0 Å². The lowest BCUT2D eigenvalue weighted by Gasteiger charge is -2.51. The van der Waals surface area contributed by atoms with Gasteiger partial charge >= 0.3 is 0 Å². The Morgan fingerprint density at radius 2 is 0.775 bits per heavy atom. The summed E-state index contributed by atoms with van der Waals surface area (Å²) < 4.78 is 0. The molecule has 5 fully saturated rings. The second-order valence-corrected chi connectivity index (χ2v) is 15.8. The van der Waals surface area contributed by atoms with Crippen molar-refractivity contribution in [2.75, 3.05) is 0 Å². The van der Waals surface area contributed by atoms with Crippen LogP contribution in [0.4, 0.5) is 0 Å². The van der Waals surface area contributed by atoms with Gasteiger partial charge in [-0.15, -0.1) is 0 Å². The summed E-state index contributed by atoms with van der Waals surface area (Å²) >= 11 is 0. The van der Waals surface area contributed by atoms with E-state index in [2.05, 4.69) is 0 Å². The van der Waals surface area contributed by atoms with Crippen LogP contribution in [0.25, 0.3) is 0 Å². The molecule has 5 aliphatic carbocycles. The van der Waals surface area contributed by atoms with Crippen molar-refractivity contribution in [2.24, 2.45) is 29.1 Å². The highest BCUT2D eigenvalue weighted by Crippen LogP contribution is 2.54. The van der Waals surface area contributed by atoms with E-state index in [0.29, 0.717) is 36.5 Å². The van der Waals surface area contributed by atoms with Gasteiger partial charge in [0.1, 0.15) is 0 Å². The highest BCUT2D eigenvalue weighted by Gasteiger charge is 2.51. The molecule has 0 spiro atoms. The molecular weight excluding hydrogens is 496 g/mol. The smallest absolute Gasteiger partial charge is 0.163 e. The zero-order chi connectivity index (χ0) is 28.1. The van der Waals surface area contributed by atoms with E-state index in [1.807, 2.05) is 0 Å². The summed E-state index contributed by atoms with van der Waals surface area (Å²) in [6.07, 6.45) is 30.6. The molecule has 0 aromatic heterocycles. The van der Waals surface area contributed by atoms with Crippen molar-refractivity contribution in [3.63, 3.8) is 0 Å². The van der Waals surface area contributed by atoms with Gasteiger partial charge in [-0.1, -0.05) is 77.0 Å². The zero-order valence-corrected chi connectivity index (χ0v) is 25.9. The van der Waals surface area contributed by atoms with Gasteiger partial charge in [0.05, 0.1) is 11.2 Å². The van der Waals surface area contributed by atoms with Gasteiger partial charge in [0.25, 0.3) is 0 Å². The number of hydrogen-bond acceptors (Lipinski definition) is 4. The summed E-state index contributed by atoms with van der Waals surface area (Å²) in [6, 6.07) is 0. The molecule has 4 nitrogen and oxygen atoms in total. The van der Waals surface area contributed by atoms with Crippen LogP contribution in [0.3, 0.4) is 0 Å². The summed E-state index contributed by atoms with van der Waals surface area (Å²) in [7, 11) is 0. The predicted octanol–water partition coefficient (Wildman–Crippen LogP) is 8.57. The van der Waals surface area contributed by atoms with Gasteiger partial charge in [0, 0.05) is 12.8 Å². The van der Waals surface area contributed by atoms with Gasteiger partial charge < -0.3 is 20.4 Å². The Bertz CT molecular complexity index is 667. The van der Waals surface area contributed by atoms with E-state index >= 15 is 0 Å². The van der Waals surface area contributed by atoms with Gasteiger partial charge in [-0.25, -0.2) is 0 Å². The third kappa shape index (κ3) is 7.31. The minimum Gasteiger partial charge on any atom is -0.389 e. The predicted molar refractivity (Wildman–Crippen MR) is 163 cm³/mol. The van der Waals surface area contributed by atoms with Crippen molar-refractivity contribution >= 4 is 0 Å². The summed E-state index contributed by atoms with van der Waals surface area (Å²) in [5, 5.41) is 47.2. The summed E-state index contributed by atoms with van der Waals surface area (Å²) in [5.74, 6) is -0.00235. The number of hydrogen-bond donors (Lipinski definition) is 4. The van der Waals surface area contributed by atoms with Crippen molar-refractivity contribution in [3.8, 4) is 0 Å². The van der Waals surface area contributed by atoms with E-state index in [1.54, 1.807) is 0 Å². The zero-order valence-electron chi connectivity index (χ0n) is 25.9. The minimum atomic E-state index is -1.61. The Kier molecular flexibility index (Phi) is 10.7. The maximum atomic E-state index is 12.6. The third-order valence-corrected chi connectivity index (χ3v) is 13.3. The molecule has 5 aliphatic rings. The Morgan fingerprint density at radius 3 is 1.07 bits per heavy atom. The van der Waals surface area contributed by atoms with Gasteiger partial charge in [-0.2, -0.15) is 0 Å². The lowest BCUT2D eigenvalue weighted by atomic mass is 9.58. The monoisotopic (exact) mass is 560 g/mol. The van der Waals surface area contributed by atoms with Crippen LogP contribution in [0.1, 0.15) is 180 Å². The fraction of sp³-hybridized carbons (Fsp3) is 1.00. The van der Waals surface area contributed by atoms with Gasteiger partial charge in [-0.3, -0.25) is 0 Å². The van der Waals surface area contributed by atoms with Crippen molar-refractivity contribution in [2.45, 2.75) is 197 Å². The van der Waals surface area contributed by atoms with E-state index < -0.39 is 17.0 Å². The van der Waals surface area contributed by atoms with Crippen LogP contribution in [0.2, 0.25) is 0 Å². The average Bonchev–Trinajstić information content (AvgIpc) is 3.00. The van der Waals surface area contributed by atoms with Crippen LogP contribution in [-0.2, 0) is 0 Å². The van der Waals surface area contributed by atoms with Crippen molar-refractivity contribution in [1.82, 2.24) is 0 Å². The molecule has 5 saturated carbocycles. The molecule has 0 radical (unpaired) electrons. The number of rotatable bonds is 10. The first-order chi connectivity index (χ1) is 19.2. The summed E-state index contributed by atoms with van der Waals surface area (Å²) in [4.78, 5) is 0. The molecule has 0 aliphatic heterocycles. The second-order valence-electron chi connectivity index (χ2n) is 15.8. The normalized spacial score (nSPS) is 28.5. The molecule has 0 aromatic rings. The maximum absolute atomic E-state index is 12.6. The van der Waals surface area contributed by atoms with E-state index in [-0.39, 0.29) is 5.41 Å². The molecule has 5 rings (SSSR count). The summed E-state index contributed by atoms with van der Waals surface area (Å²) in [6.45, 7) is 0. The van der Waals surface area contributed by atoms with Crippen LogP contribution in [0.15, 0.2) is 0 Å². The Morgan fingerprint density at radius 1 is 0.450 bits per heavy atom. The quantitative estimate of drug-likeness (QED) is 0.202. The molecule has 0 heterocycles. The molecule has 40 heavy (non-hydrogen) atoms. The first-order valence-electron chi connectivity index (χ1n) is 18.1. The molecule has 0 amide bonds. The van der Waals surface area contributed by atoms with E-state index in [0.717, 1.165) is 89.9 Å². The Hall–Kier alpha value is -0.160. The molecule has 0 unspecified atom stereocenters. The average molecular weight is 561 g/mol. The van der Waals surface area contributed by atoms with Crippen molar-refractivity contribution in [3.05, 3.63) is 0 Å². The molecule has 0 saturated heterocycles. The fourth-order valence-electron chi connectivity index (χ4n) is 10.9. The van der Waals surface area contributed by atoms with Crippen LogP contribution in [0.5, 0.6) is 0 Å². The Balaban J connectivity index is 1.37. The first-order valence-corrected chi connectivity index (χ1v) is 18.1. The topological polar surface area (TPSA) is 80.9 Å². The molecule has 232 valence electrons. The third-order valence-electron chi connectivity index (χ3n) is 13.3. The lowest BCUT2D eigenvalue weighted by Crippen LogP contribution is -2.50. The van der Waals surface area contributed by atoms with Crippen LogP contribution in [-0.4, -0.2) is 37.4 Å². The summed E-state index contributed by atoms with van der Waals surface area (Å²) in [5.41, 5.74) is -1.42. The lowest BCUT2D eigenvalue weighted by molar-refractivity contribution is -0.214. The van der Waals surface area contributed by atoms with E-state index in [1.165, 1.54) is 77.0 Å². The van der Waals surface area contributed by atoms with Gasteiger partial charge in [0.15, 0.2) is 5.79 Å². The first kappa shape index (κ1) is 31.3. The molecule has 4 N–H and O–H groups in total. The molecule has 0 atom stereocenters. The van der Waals surface area contributed by atoms with Crippen LogP contribution in [0, 0.1) is 29.1 Å². The second kappa shape index (κ2) is 13.6. The number of aliphatic hydroxyl groups is 4. The van der Waals surface area contributed by atoms with Crippen LogP contribution < -0.4 is 0 Å². The molecular formula is C36H64O4. The largest absolute Gasteiger partial charge is 0.389 e. The van der Waals surface area contributed by atoms with E-state index in [4.69, 9.17) is 0 Å². The molecule has 0 bridgehead atoms. The molecule has 0 aromatic carbocycles. The maximum Gasteiger partial charge on any atom is 0.163 e. The Labute approximate surface area is 246 Å².